The number of hydrogen-bond donors (Lipinski definition) is 1. The van der Waals surface area contributed by atoms with Crippen molar-refractivity contribution >= 4 is 11.9 Å². The molecule has 2 saturated heterocycles. The monoisotopic (exact) mass is 336 g/mol. The minimum absolute atomic E-state index is 0.242. The normalized spacial score (nSPS) is 30.9. The summed E-state index contributed by atoms with van der Waals surface area (Å²) in [5.41, 5.74) is -0.452. The molecular weight excluding hydrogens is 304 g/mol. The molecule has 0 saturated carbocycles. The van der Waals surface area contributed by atoms with Crippen LogP contribution in [0.25, 0.3) is 0 Å². The molecule has 24 heavy (non-hydrogen) atoms. The largest absolute Gasteiger partial charge is 0.444 e. The van der Waals surface area contributed by atoms with E-state index in [0.717, 1.165) is 30.4 Å². The van der Waals surface area contributed by atoms with Gasteiger partial charge >= 0.3 is 6.09 Å². The van der Waals surface area contributed by atoms with Gasteiger partial charge in [0.1, 0.15) is 11.4 Å². The average molecular weight is 336 g/mol. The molecule has 3 aliphatic rings. The standard InChI is InChI=1S/C18H32N4O2/c1-18(2,3)24-17(23)22-8-7-19-16(12-22)20-11-13-9-14-5-6-15(10-13)21(14)4/h13-15H,5-12H2,1-4H3,(H,19,20). The van der Waals surface area contributed by atoms with E-state index in [1.165, 1.54) is 25.7 Å². The third-order valence-corrected chi connectivity index (χ3v) is 5.46. The quantitative estimate of drug-likeness (QED) is 0.839. The second-order valence-electron chi connectivity index (χ2n) is 8.50. The van der Waals surface area contributed by atoms with Gasteiger partial charge in [0.25, 0.3) is 0 Å². The van der Waals surface area contributed by atoms with Crippen molar-refractivity contribution in [1.29, 1.82) is 0 Å². The van der Waals surface area contributed by atoms with E-state index >= 15 is 0 Å². The Morgan fingerprint density at radius 2 is 1.96 bits per heavy atom. The predicted octanol–water partition coefficient (Wildman–Crippen LogP) is 2.10. The molecule has 2 fully saturated rings. The summed E-state index contributed by atoms with van der Waals surface area (Å²) in [6.07, 6.45) is 5.02. The molecule has 1 N–H and O–H groups in total. The van der Waals surface area contributed by atoms with Crippen LogP contribution in [0.4, 0.5) is 4.79 Å². The summed E-state index contributed by atoms with van der Waals surface area (Å²) in [6, 6.07) is 1.53. The molecule has 3 aliphatic heterocycles. The highest BCUT2D eigenvalue weighted by atomic mass is 16.6. The second-order valence-corrected chi connectivity index (χ2v) is 8.50. The number of piperidine rings is 1. The van der Waals surface area contributed by atoms with Gasteiger partial charge in [-0.05, 0) is 59.4 Å². The summed E-state index contributed by atoms with van der Waals surface area (Å²) in [5.74, 6) is 1.65. The summed E-state index contributed by atoms with van der Waals surface area (Å²) in [4.78, 5) is 21.1. The zero-order chi connectivity index (χ0) is 17.3. The van der Waals surface area contributed by atoms with Crippen molar-refractivity contribution in [3.05, 3.63) is 0 Å². The highest BCUT2D eigenvalue weighted by molar-refractivity contribution is 5.87. The molecule has 0 aromatic carbocycles. The SMILES string of the molecule is CN1C2CCC1CC(CNC1=NCCN(C(=O)OC(C)(C)C)C1)C2. The van der Waals surface area contributed by atoms with Crippen LogP contribution in [0.2, 0.25) is 0 Å². The molecule has 0 aromatic rings. The van der Waals surface area contributed by atoms with Gasteiger partial charge in [-0.2, -0.15) is 0 Å². The molecule has 6 nitrogen and oxygen atoms in total. The van der Waals surface area contributed by atoms with E-state index < -0.39 is 5.60 Å². The van der Waals surface area contributed by atoms with Crippen molar-refractivity contribution in [1.82, 2.24) is 15.1 Å². The first-order valence-electron chi connectivity index (χ1n) is 9.29. The number of ether oxygens (including phenoxy) is 1. The molecule has 0 aromatic heterocycles. The van der Waals surface area contributed by atoms with Gasteiger partial charge in [-0.25, -0.2) is 4.79 Å². The molecule has 0 radical (unpaired) electrons. The fourth-order valence-electron chi connectivity index (χ4n) is 4.16. The number of amides is 1. The number of hydrogen-bond acceptors (Lipinski definition) is 5. The van der Waals surface area contributed by atoms with Gasteiger partial charge in [-0.15, -0.1) is 0 Å². The van der Waals surface area contributed by atoms with Gasteiger partial charge in [0.05, 0.1) is 13.1 Å². The molecule has 0 aliphatic carbocycles. The zero-order valence-corrected chi connectivity index (χ0v) is 15.5. The Labute approximate surface area is 145 Å². The molecule has 2 atom stereocenters. The Hall–Kier alpha value is -1.30. The summed E-state index contributed by atoms with van der Waals surface area (Å²) < 4.78 is 5.47. The van der Waals surface area contributed by atoms with Crippen molar-refractivity contribution < 1.29 is 9.53 Å². The maximum Gasteiger partial charge on any atom is 0.410 e. The first-order valence-corrected chi connectivity index (χ1v) is 9.29. The van der Waals surface area contributed by atoms with Gasteiger partial charge in [0.2, 0.25) is 0 Å². The lowest BCUT2D eigenvalue weighted by Crippen LogP contribution is -2.49. The molecule has 3 rings (SSSR count). The summed E-state index contributed by atoms with van der Waals surface area (Å²) in [6.45, 7) is 8.50. The third-order valence-electron chi connectivity index (χ3n) is 5.46. The van der Waals surface area contributed by atoms with Gasteiger partial charge in [0, 0.05) is 25.2 Å². The van der Waals surface area contributed by atoms with Crippen molar-refractivity contribution in [3.8, 4) is 0 Å². The van der Waals surface area contributed by atoms with Crippen LogP contribution in [0.15, 0.2) is 4.99 Å². The van der Waals surface area contributed by atoms with Crippen molar-refractivity contribution in [3.63, 3.8) is 0 Å². The minimum atomic E-state index is -0.452. The van der Waals surface area contributed by atoms with Crippen molar-refractivity contribution in [2.75, 3.05) is 33.2 Å². The van der Waals surface area contributed by atoms with Crippen LogP contribution in [0.1, 0.15) is 46.5 Å². The predicted molar refractivity (Wildman–Crippen MR) is 95.4 cm³/mol. The summed E-state index contributed by atoms with van der Waals surface area (Å²) in [7, 11) is 2.27. The maximum atomic E-state index is 12.2. The van der Waals surface area contributed by atoms with E-state index in [2.05, 4.69) is 22.3 Å². The third kappa shape index (κ3) is 4.21. The first-order chi connectivity index (χ1) is 11.3. The van der Waals surface area contributed by atoms with Crippen molar-refractivity contribution in [2.24, 2.45) is 10.9 Å². The lowest BCUT2D eigenvalue weighted by atomic mass is 9.91. The highest BCUT2D eigenvalue weighted by Gasteiger charge is 2.38. The minimum Gasteiger partial charge on any atom is -0.444 e. The molecule has 6 heteroatoms. The molecule has 1 amide bonds. The molecule has 0 spiro atoms. The van der Waals surface area contributed by atoms with Gasteiger partial charge in [-0.3, -0.25) is 9.89 Å². The number of rotatable bonds is 2. The van der Waals surface area contributed by atoms with E-state index in [1.807, 2.05) is 20.8 Å². The first kappa shape index (κ1) is 17.5. The van der Waals surface area contributed by atoms with E-state index in [0.29, 0.717) is 19.6 Å². The number of nitrogens with zero attached hydrogens (tertiary/aromatic N) is 3. The van der Waals surface area contributed by atoms with E-state index in [1.54, 1.807) is 4.90 Å². The fraction of sp³-hybridized carbons (Fsp3) is 0.889. The van der Waals surface area contributed by atoms with Crippen LogP contribution in [-0.4, -0.2) is 72.6 Å². The highest BCUT2D eigenvalue weighted by Crippen LogP contribution is 2.37. The lowest BCUT2D eigenvalue weighted by molar-refractivity contribution is 0.0276. The van der Waals surface area contributed by atoms with Gasteiger partial charge < -0.3 is 15.0 Å². The Balaban J connectivity index is 1.46. The molecule has 136 valence electrons. The van der Waals surface area contributed by atoms with E-state index in [4.69, 9.17) is 4.74 Å². The number of nitrogens with one attached hydrogen (secondary N) is 1. The molecule has 3 heterocycles. The maximum absolute atomic E-state index is 12.2. The van der Waals surface area contributed by atoms with Gasteiger partial charge in [-0.1, -0.05) is 0 Å². The van der Waals surface area contributed by atoms with Crippen LogP contribution < -0.4 is 5.32 Å². The second kappa shape index (κ2) is 6.90. The fourth-order valence-corrected chi connectivity index (χ4v) is 4.16. The lowest BCUT2D eigenvalue weighted by Gasteiger charge is -2.37. The van der Waals surface area contributed by atoms with Crippen LogP contribution in [0.3, 0.4) is 0 Å². The van der Waals surface area contributed by atoms with Crippen LogP contribution >= 0.6 is 0 Å². The van der Waals surface area contributed by atoms with Crippen molar-refractivity contribution in [2.45, 2.75) is 64.1 Å². The Morgan fingerprint density at radius 1 is 1.29 bits per heavy atom. The number of aliphatic imine (C=N–C) groups is 1. The Kier molecular flexibility index (Phi) is 5.04. The molecular formula is C18H32N4O2. The smallest absolute Gasteiger partial charge is 0.410 e. The number of carbonyl (C=O) groups is 1. The Morgan fingerprint density at radius 3 is 2.58 bits per heavy atom. The molecule has 2 unspecified atom stereocenters. The average Bonchev–Trinajstić information content (AvgIpc) is 2.73. The van der Waals surface area contributed by atoms with Crippen LogP contribution in [0.5, 0.6) is 0 Å². The van der Waals surface area contributed by atoms with Crippen LogP contribution in [0, 0.1) is 5.92 Å². The Bertz CT molecular complexity index is 486. The number of fused-ring (bicyclic) bond motifs is 2. The topological polar surface area (TPSA) is 57.2 Å². The summed E-state index contributed by atoms with van der Waals surface area (Å²) >= 11 is 0. The number of amidine groups is 1. The number of carbonyl (C=O) groups excluding carboxylic acids is 1. The van der Waals surface area contributed by atoms with E-state index in [9.17, 15) is 4.79 Å². The van der Waals surface area contributed by atoms with E-state index in [-0.39, 0.29) is 6.09 Å². The zero-order valence-electron chi connectivity index (χ0n) is 15.5. The molecule has 2 bridgehead atoms. The summed E-state index contributed by atoms with van der Waals surface area (Å²) in [5, 5.41) is 3.50. The van der Waals surface area contributed by atoms with Gasteiger partial charge in [0.15, 0.2) is 0 Å². The van der Waals surface area contributed by atoms with Crippen LogP contribution in [-0.2, 0) is 4.74 Å².